The first-order valence-electron chi connectivity index (χ1n) is 4.95. The minimum absolute atomic E-state index is 0.173. The van der Waals surface area contributed by atoms with Crippen LogP contribution in [0.5, 0.6) is 0 Å². The number of nitrogens with two attached hydrogens (primary N) is 1. The van der Waals surface area contributed by atoms with E-state index in [1.54, 1.807) is 6.07 Å². The molecule has 0 bridgehead atoms. The van der Waals surface area contributed by atoms with Gasteiger partial charge in [0.05, 0.1) is 5.56 Å². The summed E-state index contributed by atoms with van der Waals surface area (Å²) < 4.78 is 37.9. The number of para-hydroxylation sites is 1. The predicted molar refractivity (Wildman–Crippen MR) is 63.0 cm³/mol. The van der Waals surface area contributed by atoms with Gasteiger partial charge in [0.2, 0.25) is 0 Å². The molecule has 1 heterocycles. The first-order valence-corrected chi connectivity index (χ1v) is 5.83. The Bertz CT molecular complexity index is 503. The van der Waals surface area contributed by atoms with Crippen LogP contribution in [0.3, 0.4) is 0 Å². The predicted octanol–water partition coefficient (Wildman–Crippen LogP) is 3.94. The van der Waals surface area contributed by atoms with Crippen molar-refractivity contribution in [2.45, 2.75) is 12.6 Å². The summed E-state index contributed by atoms with van der Waals surface area (Å²) in [4.78, 5) is 0.996. The highest BCUT2D eigenvalue weighted by Gasteiger charge is 2.33. The maximum atomic E-state index is 12.6. The third-order valence-corrected chi connectivity index (χ3v) is 3.32. The third kappa shape index (κ3) is 2.61. The Hall–Kier alpha value is -1.49. The molecule has 0 fully saturated rings. The van der Waals surface area contributed by atoms with Gasteiger partial charge in [-0.3, -0.25) is 0 Å². The number of anilines is 1. The van der Waals surface area contributed by atoms with Gasteiger partial charge >= 0.3 is 6.18 Å². The van der Waals surface area contributed by atoms with E-state index in [0.717, 1.165) is 10.9 Å². The summed E-state index contributed by atoms with van der Waals surface area (Å²) >= 11 is 1.50. The van der Waals surface area contributed by atoms with Crippen LogP contribution in [0.2, 0.25) is 0 Å². The largest absolute Gasteiger partial charge is 0.418 e. The molecule has 17 heavy (non-hydrogen) atoms. The lowest BCUT2D eigenvalue weighted by Crippen LogP contribution is -2.10. The van der Waals surface area contributed by atoms with Gasteiger partial charge in [-0.25, -0.2) is 0 Å². The second-order valence-electron chi connectivity index (χ2n) is 3.63. The second kappa shape index (κ2) is 4.41. The smallest absolute Gasteiger partial charge is 0.398 e. The molecule has 0 atom stereocenters. The van der Waals surface area contributed by atoms with Gasteiger partial charge in [0.1, 0.15) is 0 Å². The quantitative estimate of drug-likeness (QED) is 0.810. The number of alkyl halides is 3. The van der Waals surface area contributed by atoms with Gasteiger partial charge in [0.25, 0.3) is 0 Å². The number of benzene rings is 1. The minimum atomic E-state index is -4.39. The fraction of sp³-hybridized carbons (Fsp3) is 0.167. The Kier molecular flexibility index (Phi) is 3.11. The molecule has 2 rings (SSSR count). The Morgan fingerprint density at radius 1 is 1.12 bits per heavy atom. The number of halogens is 3. The van der Waals surface area contributed by atoms with E-state index in [4.69, 9.17) is 5.73 Å². The summed E-state index contributed by atoms with van der Waals surface area (Å²) in [7, 11) is 0. The van der Waals surface area contributed by atoms with Crippen LogP contribution in [0.25, 0.3) is 0 Å². The monoisotopic (exact) mass is 257 g/mol. The number of rotatable bonds is 2. The molecule has 0 radical (unpaired) electrons. The summed E-state index contributed by atoms with van der Waals surface area (Å²) in [5.41, 5.74) is 5.16. The van der Waals surface area contributed by atoms with Crippen LogP contribution in [-0.4, -0.2) is 0 Å². The van der Waals surface area contributed by atoms with Crippen LogP contribution in [0, 0.1) is 0 Å². The highest BCUT2D eigenvalue weighted by molar-refractivity contribution is 7.09. The number of nitrogen functional groups attached to an aromatic ring is 1. The first-order chi connectivity index (χ1) is 7.98. The summed E-state index contributed by atoms with van der Waals surface area (Å²) in [6, 6.07) is 7.77. The molecule has 0 unspecified atom stereocenters. The van der Waals surface area contributed by atoms with Crippen molar-refractivity contribution in [3.05, 3.63) is 51.7 Å². The highest BCUT2D eigenvalue weighted by atomic mass is 32.1. The molecule has 0 saturated carbocycles. The first kappa shape index (κ1) is 12.0. The molecule has 1 nitrogen and oxygen atoms in total. The van der Waals surface area contributed by atoms with Crippen LogP contribution in [-0.2, 0) is 12.6 Å². The zero-order chi connectivity index (χ0) is 12.5. The molecule has 0 aliphatic rings. The lowest BCUT2D eigenvalue weighted by molar-refractivity contribution is -0.136. The van der Waals surface area contributed by atoms with E-state index in [0.29, 0.717) is 12.0 Å². The molecule has 2 aromatic rings. The molecule has 5 heteroatoms. The SMILES string of the molecule is Nc1c(Cc2cccs2)cccc1C(F)(F)F. The van der Waals surface area contributed by atoms with E-state index in [-0.39, 0.29) is 5.69 Å². The number of thiophene rings is 1. The second-order valence-corrected chi connectivity index (χ2v) is 4.66. The van der Waals surface area contributed by atoms with Gasteiger partial charge in [-0.2, -0.15) is 13.2 Å². The van der Waals surface area contributed by atoms with Crippen LogP contribution in [0.4, 0.5) is 18.9 Å². The molecular weight excluding hydrogens is 247 g/mol. The van der Waals surface area contributed by atoms with Crippen molar-refractivity contribution < 1.29 is 13.2 Å². The topological polar surface area (TPSA) is 26.0 Å². The summed E-state index contributed by atoms with van der Waals surface area (Å²) in [5.74, 6) is 0. The summed E-state index contributed by atoms with van der Waals surface area (Å²) in [6.45, 7) is 0. The maximum absolute atomic E-state index is 12.6. The molecule has 1 aromatic heterocycles. The van der Waals surface area contributed by atoms with Crippen LogP contribution >= 0.6 is 11.3 Å². The van der Waals surface area contributed by atoms with E-state index in [9.17, 15) is 13.2 Å². The van der Waals surface area contributed by atoms with E-state index >= 15 is 0 Å². The molecule has 0 amide bonds. The van der Waals surface area contributed by atoms with Gasteiger partial charge in [-0.05, 0) is 23.1 Å². The standard InChI is InChI=1S/C12H10F3NS/c13-12(14,15)10-5-1-3-8(11(10)16)7-9-4-2-6-17-9/h1-6H,7,16H2. The lowest BCUT2D eigenvalue weighted by Gasteiger charge is -2.13. The fourth-order valence-electron chi connectivity index (χ4n) is 1.62. The molecule has 1 aromatic carbocycles. The molecule has 0 aliphatic carbocycles. The summed E-state index contributed by atoms with van der Waals surface area (Å²) in [6.07, 6.45) is -3.96. The average molecular weight is 257 g/mol. The van der Waals surface area contributed by atoms with Gasteiger partial charge in [-0.1, -0.05) is 18.2 Å². The molecular formula is C12H10F3NS. The van der Waals surface area contributed by atoms with Gasteiger partial charge in [0, 0.05) is 17.0 Å². The van der Waals surface area contributed by atoms with Crippen molar-refractivity contribution in [3.63, 3.8) is 0 Å². The molecule has 0 spiro atoms. The number of hydrogen-bond acceptors (Lipinski definition) is 2. The molecule has 2 N–H and O–H groups in total. The van der Waals surface area contributed by atoms with Crippen LogP contribution in [0.15, 0.2) is 35.7 Å². The zero-order valence-electron chi connectivity index (χ0n) is 8.79. The van der Waals surface area contributed by atoms with Gasteiger partial charge < -0.3 is 5.73 Å². The van der Waals surface area contributed by atoms with Crippen LogP contribution in [0.1, 0.15) is 16.0 Å². The molecule has 0 saturated heterocycles. The third-order valence-electron chi connectivity index (χ3n) is 2.45. The van der Waals surface area contributed by atoms with Gasteiger partial charge in [-0.15, -0.1) is 11.3 Å². The maximum Gasteiger partial charge on any atom is 0.418 e. The van der Waals surface area contributed by atoms with Crippen molar-refractivity contribution in [1.82, 2.24) is 0 Å². The number of hydrogen-bond donors (Lipinski definition) is 1. The van der Waals surface area contributed by atoms with Gasteiger partial charge in [0.15, 0.2) is 0 Å². The van der Waals surface area contributed by atoms with Crippen molar-refractivity contribution >= 4 is 17.0 Å². The Balaban J connectivity index is 2.36. The zero-order valence-corrected chi connectivity index (χ0v) is 9.61. The van der Waals surface area contributed by atoms with E-state index in [1.165, 1.54) is 17.4 Å². The van der Waals surface area contributed by atoms with E-state index in [2.05, 4.69) is 0 Å². The molecule has 90 valence electrons. The van der Waals surface area contributed by atoms with Crippen molar-refractivity contribution in [3.8, 4) is 0 Å². The minimum Gasteiger partial charge on any atom is -0.398 e. The normalized spacial score (nSPS) is 11.7. The van der Waals surface area contributed by atoms with E-state index in [1.807, 2.05) is 17.5 Å². The van der Waals surface area contributed by atoms with Crippen LogP contribution < -0.4 is 5.73 Å². The van der Waals surface area contributed by atoms with Crippen molar-refractivity contribution in [2.24, 2.45) is 0 Å². The fourth-order valence-corrected chi connectivity index (χ4v) is 2.34. The summed E-state index contributed by atoms with van der Waals surface area (Å²) in [5, 5.41) is 1.89. The average Bonchev–Trinajstić information content (AvgIpc) is 2.72. The Labute approximate surface area is 101 Å². The van der Waals surface area contributed by atoms with Crippen molar-refractivity contribution in [1.29, 1.82) is 0 Å². The van der Waals surface area contributed by atoms with Crippen molar-refractivity contribution in [2.75, 3.05) is 5.73 Å². The Morgan fingerprint density at radius 3 is 2.47 bits per heavy atom. The molecule has 0 aliphatic heterocycles. The Morgan fingerprint density at radius 2 is 1.88 bits per heavy atom. The highest BCUT2D eigenvalue weighted by Crippen LogP contribution is 2.35. The lowest BCUT2D eigenvalue weighted by atomic mass is 10.0. The van der Waals surface area contributed by atoms with E-state index < -0.39 is 11.7 Å².